The first kappa shape index (κ1) is 21.4. The predicted molar refractivity (Wildman–Crippen MR) is 126 cm³/mol. The van der Waals surface area contributed by atoms with E-state index in [1.807, 2.05) is 24.3 Å². The first-order valence-electron chi connectivity index (χ1n) is 10.7. The van der Waals surface area contributed by atoms with Crippen LogP contribution in [0.3, 0.4) is 0 Å². The Bertz CT molecular complexity index is 1430. The Morgan fingerprint density at radius 3 is 2.36 bits per heavy atom. The standard InChI is InChI=1S/C27H21ClFNO3/c1-15(2)17-5-7-18(8-6-17)24-23-25(31)21-13-19(28)9-12-22(21)33-26(23)27(32)30(24)14-16-3-10-20(29)11-4-16/h3-13,15,24H,14H2,1-2H3. The summed E-state index contributed by atoms with van der Waals surface area (Å²) >= 11 is 6.13. The average Bonchev–Trinajstić information content (AvgIpc) is 3.08. The number of carbonyl (C=O) groups is 1. The number of hydrogen-bond donors (Lipinski definition) is 0. The lowest BCUT2D eigenvalue weighted by Crippen LogP contribution is -2.29. The Morgan fingerprint density at radius 1 is 1.00 bits per heavy atom. The molecule has 0 aliphatic carbocycles. The van der Waals surface area contributed by atoms with Crippen LogP contribution in [0.5, 0.6) is 0 Å². The summed E-state index contributed by atoms with van der Waals surface area (Å²) in [6, 6.07) is 18.1. The maximum Gasteiger partial charge on any atom is 0.291 e. The summed E-state index contributed by atoms with van der Waals surface area (Å²) in [6.45, 7) is 4.42. The van der Waals surface area contributed by atoms with Gasteiger partial charge in [-0.2, -0.15) is 0 Å². The fraction of sp³-hybridized carbons (Fsp3) is 0.185. The molecule has 2 heterocycles. The van der Waals surface area contributed by atoms with E-state index < -0.39 is 6.04 Å². The Kier molecular flexibility index (Phi) is 5.29. The van der Waals surface area contributed by atoms with Crippen molar-refractivity contribution in [1.82, 2.24) is 4.90 Å². The van der Waals surface area contributed by atoms with E-state index in [0.717, 1.165) is 16.7 Å². The van der Waals surface area contributed by atoms with E-state index in [2.05, 4.69) is 13.8 Å². The lowest BCUT2D eigenvalue weighted by Gasteiger charge is -2.25. The third kappa shape index (κ3) is 3.72. The minimum absolute atomic E-state index is 0.0369. The molecule has 1 aliphatic heterocycles. The third-order valence-electron chi connectivity index (χ3n) is 6.11. The normalized spacial score (nSPS) is 15.5. The highest BCUT2D eigenvalue weighted by atomic mass is 35.5. The molecule has 1 aromatic heterocycles. The molecular formula is C27H21ClFNO3. The van der Waals surface area contributed by atoms with Gasteiger partial charge in [0.15, 0.2) is 5.43 Å². The van der Waals surface area contributed by atoms with Gasteiger partial charge >= 0.3 is 0 Å². The molecule has 1 aliphatic rings. The summed E-state index contributed by atoms with van der Waals surface area (Å²) in [4.78, 5) is 28.7. The monoisotopic (exact) mass is 461 g/mol. The quantitative estimate of drug-likeness (QED) is 0.350. The van der Waals surface area contributed by atoms with E-state index >= 15 is 0 Å². The molecule has 33 heavy (non-hydrogen) atoms. The van der Waals surface area contributed by atoms with Gasteiger partial charge in [0, 0.05) is 11.6 Å². The number of carbonyl (C=O) groups excluding carboxylic acids is 1. The van der Waals surface area contributed by atoms with Gasteiger partial charge in [0.25, 0.3) is 5.91 Å². The van der Waals surface area contributed by atoms with Crippen molar-refractivity contribution in [2.24, 2.45) is 0 Å². The van der Waals surface area contributed by atoms with Gasteiger partial charge in [-0.15, -0.1) is 0 Å². The molecule has 4 nitrogen and oxygen atoms in total. The minimum Gasteiger partial charge on any atom is -0.450 e. The van der Waals surface area contributed by atoms with Crippen LogP contribution < -0.4 is 5.43 Å². The van der Waals surface area contributed by atoms with Gasteiger partial charge in [-0.3, -0.25) is 9.59 Å². The van der Waals surface area contributed by atoms with Crippen LogP contribution in [0.15, 0.2) is 75.9 Å². The predicted octanol–water partition coefficient (Wildman–Crippen LogP) is 6.45. The van der Waals surface area contributed by atoms with Crippen LogP contribution in [0.4, 0.5) is 4.39 Å². The molecule has 1 amide bonds. The molecule has 6 heteroatoms. The van der Waals surface area contributed by atoms with Gasteiger partial charge in [-0.25, -0.2) is 4.39 Å². The number of halogens is 2. The molecule has 0 saturated heterocycles. The van der Waals surface area contributed by atoms with Crippen molar-refractivity contribution < 1.29 is 13.6 Å². The molecule has 1 unspecified atom stereocenters. The number of fused-ring (bicyclic) bond motifs is 2. The molecule has 0 spiro atoms. The van der Waals surface area contributed by atoms with Crippen LogP contribution in [-0.2, 0) is 6.54 Å². The second-order valence-electron chi connectivity index (χ2n) is 8.60. The van der Waals surface area contributed by atoms with E-state index in [0.29, 0.717) is 27.5 Å². The zero-order chi connectivity index (χ0) is 23.3. The van der Waals surface area contributed by atoms with Crippen LogP contribution in [0.25, 0.3) is 11.0 Å². The smallest absolute Gasteiger partial charge is 0.291 e. The number of amides is 1. The van der Waals surface area contributed by atoms with Crippen LogP contribution in [0.1, 0.15) is 58.6 Å². The van der Waals surface area contributed by atoms with Gasteiger partial charge < -0.3 is 9.32 Å². The molecular weight excluding hydrogens is 441 g/mol. The zero-order valence-electron chi connectivity index (χ0n) is 18.1. The molecule has 0 bridgehead atoms. The highest BCUT2D eigenvalue weighted by Crippen LogP contribution is 2.39. The third-order valence-corrected chi connectivity index (χ3v) is 6.35. The van der Waals surface area contributed by atoms with Crippen molar-refractivity contribution in [2.45, 2.75) is 32.4 Å². The molecule has 5 rings (SSSR count). The highest BCUT2D eigenvalue weighted by Gasteiger charge is 2.42. The molecule has 0 saturated carbocycles. The molecule has 0 radical (unpaired) electrons. The van der Waals surface area contributed by atoms with Crippen molar-refractivity contribution >= 4 is 28.5 Å². The summed E-state index contributed by atoms with van der Waals surface area (Å²) in [7, 11) is 0. The maximum atomic E-state index is 13.6. The summed E-state index contributed by atoms with van der Waals surface area (Å²) in [5.74, 6) is -0.338. The summed E-state index contributed by atoms with van der Waals surface area (Å²) < 4.78 is 19.4. The molecule has 1 atom stereocenters. The summed E-state index contributed by atoms with van der Waals surface area (Å²) in [5, 5.41) is 0.751. The van der Waals surface area contributed by atoms with Crippen molar-refractivity contribution in [3.8, 4) is 0 Å². The van der Waals surface area contributed by atoms with Crippen molar-refractivity contribution in [3.05, 3.63) is 116 Å². The van der Waals surface area contributed by atoms with Crippen molar-refractivity contribution in [1.29, 1.82) is 0 Å². The van der Waals surface area contributed by atoms with E-state index in [4.69, 9.17) is 16.0 Å². The number of hydrogen-bond acceptors (Lipinski definition) is 3. The molecule has 166 valence electrons. The molecule has 4 aromatic rings. The second kappa shape index (κ2) is 8.16. The number of rotatable bonds is 4. The second-order valence-corrected chi connectivity index (χ2v) is 9.03. The van der Waals surface area contributed by atoms with Crippen LogP contribution in [-0.4, -0.2) is 10.8 Å². The van der Waals surface area contributed by atoms with Crippen LogP contribution in [0.2, 0.25) is 5.02 Å². The van der Waals surface area contributed by atoms with Crippen LogP contribution >= 0.6 is 11.6 Å². The largest absolute Gasteiger partial charge is 0.450 e. The van der Waals surface area contributed by atoms with Gasteiger partial charge in [0.1, 0.15) is 11.4 Å². The molecule has 0 fully saturated rings. The lowest BCUT2D eigenvalue weighted by molar-refractivity contribution is 0.0714. The van der Waals surface area contributed by atoms with Crippen LogP contribution in [0, 0.1) is 5.82 Å². The Labute approximate surface area is 195 Å². The SMILES string of the molecule is CC(C)c1ccc(C2c3c(oc4ccc(Cl)cc4c3=O)C(=O)N2Cc2ccc(F)cc2)cc1. The number of benzene rings is 3. The molecule has 0 N–H and O–H groups in total. The minimum atomic E-state index is -0.626. The highest BCUT2D eigenvalue weighted by molar-refractivity contribution is 6.31. The average molecular weight is 462 g/mol. The molecule has 3 aromatic carbocycles. The summed E-state index contributed by atoms with van der Waals surface area (Å²) in [5.41, 5.74) is 3.05. The van der Waals surface area contributed by atoms with E-state index in [-0.39, 0.29) is 29.5 Å². The Balaban J connectivity index is 1.69. The summed E-state index contributed by atoms with van der Waals surface area (Å²) in [6.07, 6.45) is 0. The topological polar surface area (TPSA) is 50.5 Å². The van der Waals surface area contributed by atoms with E-state index in [1.54, 1.807) is 35.2 Å². The van der Waals surface area contributed by atoms with Gasteiger partial charge in [0.05, 0.1) is 17.0 Å². The van der Waals surface area contributed by atoms with Gasteiger partial charge in [0.2, 0.25) is 5.76 Å². The van der Waals surface area contributed by atoms with E-state index in [1.165, 1.54) is 12.1 Å². The lowest BCUT2D eigenvalue weighted by atomic mass is 9.95. The van der Waals surface area contributed by atoms with E-state index in [9.17, 15) is 14.0 Å². The van der Waals surface area contributed by atoms with Gasteiger partial charge in [-0.05, 0) is 52.9 Å². The van der Waals surface area contributed by atoms with Crippen molar-refractivity contribution in [3.63, 3.8) is 0 Å². The first-order chi connectivity index (χ1) is 15.8. The first-order valence-corrected chi connectivity index (χ1v) is 11.1. The fourth-order valence-electron chi connectivity index (χ4n) is 4.35. The van der Waals surface area contributed by atoms with Crippen molar-refractivity contribution in [2.75, 3.05) is 0 Å². The number of nitrogens with zero attached hydrogens (tertiary/aromatic N) is 1. The van der Waals surface area contributed by atoms with Gasteiger partial charge in [-0.1, -0.05) is 61.8 Å². The fourth-order valence-corrected chi connectivity index (χ4v) is 4.52. The Morgan fingerprint density at radius 2 is 1.70 bits per heavy atom. The zero-order valence-corrected chi connectivity index (χ0v) is 18.9. The Hall–Kier alpha value is -3.44. The maximum absolute atomic E-state index is 13.6.